The fraction of sp³-hybridized carbons (Fsp3) is 0. The van der Waals surface area contributed by atoms with E-state index in [4.69, 9.17) is 8.83 Å². The van der Waals surface area contributed by atoms with Crippen LogP contribution in [-0.2, 0) is 0 Å². The molecule has 0 atom stereocenters. The number of nitrogens with zero attached hydrogens (tertiary/aromatic N) is 5. The average molecular weight is 740 g/mol. The van der Waals surface area contributed by atoms with Crippen LogP contribution in [0.1, 0.15) is 16.7 Å². The molecule has 4 aromatic heterocycles. The lowest BCUT2D eigenvalue weighted by molar-refractivity contribution is 0.670. The topological polar surface area (TPSA) is 108 Å². The number of aromatic nitrogens is 2. The van der Waals surface area contributed by atoms with Crippen LogP contribution in [0, 0.1) is 34.0 Å². The van der Waals surface area contributed by atoms with Gasteiger partial charge in [0.05, 0.1) is 56.6 Å². The van der Waals surface area contributed by atoms with Crippen LogP contribution in [0.2, 0.25) is 0 Å². The molecule has 0 unspecified atom stereocenters. The van der Waals surface area contributed by atoms with Crippen molar-refractivity contribution in [3.8, 4) is 40.7 Å². The van der Waals surface area contributed by atoms with Gasteiger partial charge in [0, 0.05) is 59.9 Å². The highest BCUT2D eigenvalue weighted by atomic mass is 16.3. The zero-order valence-electron chi connectivity index (χ0n) is 30.5. The molecule has 12 rings (SSSR count). The molecule has 0 fully saturated rings. The summed E-state index contributed by atoms with van der Waals surface area (Å²) in [6, 6.07) is 57.1. The molecule has 0 saturated heterocycles. The first-order valence-electron chi connectivity index (χ1n) is 18.9. The van der Waals surface area contributed by atoms with Crippen LogP contribution in [0.25, 0.3) is 110 Å². The average Bonchev–Trinajstić information content (AvgIpc) is 4.03. The molecule has 0 aliphatic rings. The van der Waals surface area contributed by atoms with E-state index < -0.39 is 0 Å². The van der Waals surface area contributed by atoms with E-state index in [-0.39, 0.29) is 0 Å². The number of para-hydroxylation sites is 4. The third-order valence-corrected chi connectivity index (χ3v) is 11.6. The molecule has 0 saturated carbocycles. The summed E-state index contributed by atoms with van der Waals surface area (Å²) in [5.41, 5.74) is 9.93. The zero-order chi connectivity index (χ0) is 38.6. The quantitative estimate of drug-likeness (QED) is 0.179. The maximum atomic E-state index is 11.1. The molecular formula is C51H25N5O2. The molecule has 0 aliphatic heterocycles. The summed E-state index contributed by atoms with van der Waals surface area (Å²) in [5, 5.41) is 40.5. The number of rotatable bonds is 3. The summed E-state index contributed by atoms with van der Waals surface area (Å²) in [5.74, 6) is 0. The molecule has 12 aromatic rings. The van der Waals surface area contributed by atoms with E-state index in [9.17, 15) is 15.8 Å². The van der Waals surface area contributed by atoms with E-state index in [2.05, 4.69) is 71.3 Å². The van der Waals surface area contributed by atoms with Crippen LogP contribution in [0.4, 0.5) is 0 Å². The smallest absolute Gasteiger partial charge is 0.160 e. The highest BCUT2D eigenvalue weighted by molar-refractivity contribution is 6.23. The zero-order valence-corrected chi connectivity index (χ0v) is 30.5. The van der Waals surface area contributed by atoms with Gasteiger partial charge in [-0.1, -0.05) is 91.0 Å². The van der Waals surface area contributed by atoms with Gasteiger partial charge in [-0.15, -0.1) is 0 Å². The lowest BCUT2D eigenvalue weighted by Gasteiger charge is -2.16. The number of fused-ring (bicyclic) bond motifs is 14. The fourth-order valence-electron chi connectivity index (χ4n) is 9.18. The molecule has 0 bridgehead atoms. The van der Waals surface area contributed by atoms with Crippen LogP contribution >= 0.6 is 0 Å². The van der Waals surface area contributed by atoms with Gasteiger partial charge in [0.15, 0.2) is 11.2 Å². The molecule has 266 valence electrons. The monoisotopic (exact) mass is 739 g/mol. The standard InChI is InChI=1S/C51H25N5O2/c52-26-29-23-41(42(28-54)45(24-29)56-44-14-6-2-10-34(44)38-20-22-40-36-12-4-8-16-47(36)58-51(40)49(38)56)32-18-17-31(25-30(32)27-53)55-43-13-5-1-9-33(43)37-19-21-39-35-11-3-7-15-46(35)57-50(39)48(37)55/h1-25H. The Balaban J connectivity index is 1.13. The largest absolute Gasteiger partial charge is 0.454 e. The predicted molar refractivity (Wildman–Crippen MR) is 229 cm³/mol. The molecule has 0 aliphatic carbocycles. The van der Waals surface area contributed by atoms with E-state index in [1.54, 1.807) is 12.1 Å². The van der Waals surface area contributed by atoms with Crippen LogP contribution in [0.15, 0.2) is 160 Å². The van der Waals surface area contributed by atoms with Crippen molar-refractivity contribution in [2.24, 2.45) is 0 Å². The second-order valence-electron chi connectivity index (χ2n) is 14.6. The Morgan fingerprint density at radius 2 is 0.948 bits per heavy atom. The molecule has 58 heavy (non-hydrogen) atoms. The van der Waals surface area contributed by atoms with Crippen molar-refractivity contribution >= 4 is 87.5 Å². The second-order valence-corrected chi connectivity index (χ2v) is 14.6. The van der Waals surface area contributed by atoms with E-state index in [1.807, 2.05) is 95.6 Å². The van der Waals surface area contributed by atoms with Crippen molar-refractivity contribution in [2.45, 2.75) is 0 Å². The first-order chi connectivity index (χ1) is 28.6. The number of benzene rings is 8. The van der Waals surface area contributed by atoms with Crippen LogP contribution in [0.3, 0.4) is 0 Å². The van der Waals surface area contributed by atoms with Gasteiger partial charge in [0.25, 0.3) is 0 Å². The van der Waals surface area contributed by atoms with Crippen LogP contribution < -0.4 is 0 Å². The van der Waals surface area contributed by atoms with Gasteiger partial charge in [0.1, 0.15) is 17.2 Å². The van der Waals surface area contributed by atoms with Crippen molar-refractivity contribution in [1.29, 1.82) is 15.8 Å². The fourth-order valence-corrected chi connectivity index (χ4v) is 9.18. The molecule has 8 aromatic carbocycles. The molecule has 0 radical (unpaired) electrons. The Kier molecular flexibility index (Phi) is 6.41. The van der Waals surface area contributed by atoms with Gasteiger partial charge in [-0.05, 0) is 60.7 Å². The first kappa shape index (κ1) is 31.7. The van der Waals surface area contributed by atoms with Gasteiger partial charge in [0.2, 0.25) is 0 Å². The lowest BCUT2D eigenvalue weighted by Crippen LogP contribution is -2.02. The van der Waals surface area contributed by atoms with Gasteiger partial charge in [-0.3, -0.25) is 0 Å². The van der Waals surface area contributed by atoms with Crippen molar-refractivity contribution in [3.05, 3.63) is 168 Å². The van der Waals surface area contributed by atoms with Gasteiger partial charge in [-0.25, -0.2) is 0 Å². The van der Waals surface area contributed by atoms with E-state index in [0.717, 1.165) is 87.6 Å². The van der Waals surface area contributed by atoms with Crippen LogP contribution in [-0.4, -0.2) is 9.13 Å². The molecule has 0 N–H and O–H groups in total. The first-order valence-corrected chi connectivity index (χ1v) is 18.9. The summed E-state index contributed by atoms with van der Waals surface area (Å²) in [6.45, 7) is 0. The van der Waals surface area contributed by atoms with Gasteiger partial charge >= 0.3 is 0 Å². The Hall–Kier alpha value is -8.57. The van der Waals surface area contributed by atoms with E-state index in [1.165, 1.54) is 0 Å². The molecule has 7 heteroatoms. The SMILES string of the molecule is N#Cc1cc(-c2ccc(-n3c4ccccc4c4ccc5c6ccccc6oc5c43)cc2C#N)c(C#N)c(-n2c3ccccc3c3ccc4c5ccccc5oc4c32)c1. The summed E-state index contributed by atoms with van der Waals surface area (Å²) < 4.78 is 17.3. The minimum absolute atomic E-state index is 0.333. The van der Waals surface area contributed by atoms with Crippen molar-refractivity contribution < 1.29 is 8.83 Å². The highest BCUT2D eigenvalue weighted by Crippen LogP contribution is 2.44. The number of nitriles is 3. The van der Waals surface area contributed by atoms with Gasteiger partial charge in [-0.2, -0.15) is 15.8 Å². The Morgan fingerprint density at radius 1 is 0.414 bits per heavy atom. The number of hydrogen-bond acceptors (Lipinski definition) is 5. The van der Waals surface area contributed by atoms with Crippen molar-refractivity contribution in [2.75, 3.05) is 0 Å². The Labute approximate surface area is 329 Å². The molecule has 7 nitrogen and oxygen atoms in total. The summed E-state index contributed by atoms with van der Waals surface area (Å²) in [4.78, 5) is 0. The van der Waals surface area contributed by atoms with E-state index >= 15 is 0 Å². The molecule has 0 amide bonds. The third-order valence-electron chi connectivity index (χ3n) is 11.6. The Bertz CT molecular complexity index is 3910. The molecule has 4 heterocycles. The predicted octanol–water partition coefficient (Wildman–Crippen LogP) is 13.0. The Morgan fingerprint density at radius 3 is 1.53 bits per heavy atom. The van der Waals surface area contributed by atoms with Crippen molar-refractivity contribution in [1.82, 2.24) is 9.13 Å². The second kappa shape index (κ2) is 11.7. The summed E-state index contributed by atoms with van der Waals surface area (Å²) in [7, 11) is 0. The highest BCUT2D eigenvalue weighted by Gasteiger charge is 2.25. The number of hydrogen-bond donors (Lipinski definition) is 0. The molecular weight excluding hydrogens is 715 g/mol. The minimum Gasteiger partial charge on any atom is -0.454 e. The van der Waals surface area contributed by atoms with E-state index in [0.29, 0.717) is 39.1 Å². The lowest BCUT2D eigenvalue weighted by atomic mass is 9.92. The minimum atomic E-state index is 0.333. The molecule has 0 spiro atoms. The number of furan rings is 2. The maximum absolute atomic E-state index is 11.1. The van der Waals surface area contributed by atoms with Crippen LogP contribution in [0.5, 0.6) is 0 Å². The van der Waals surface area contributed by atoms with Crippen molar-refractivity contribution in [3.63, 3.8) is 0 Å². The third kappa shape index (κ3) is 4.18. The normalized spacial score (nSPS) is 11.7. The maximum Gasteiger partial charge on any atom is 0.160 e. The summed E-state index contributed by atoms with van der Waals surface area (Å²) in [6.07, 6.45) is 0. The summed E-state index contributed by atoms with van der Waals surface area (Å²) >= 11 is 0. The van der Waals surface area contributed by atoms with Gasteiger partial charge < -0.3 is 18.0 Å².